The second-order valence-corrected chi connectivity index (χ2v) is 9.69. The summed E-state index contributed by atoms with van der Waals surface area (Å²) < 4.78 is 0. The minimum absolute atomic E-state index is 0.287. The van der Waals surface area contributed by atoms with Gasteiger partial charge in [-0.15, -0.1) is 0 Å². The van der Waals surface area contributed by atoms with Gasteiger partial charge >= 0.3 is 0 Å². The van der Waals surface area contributed by atoms with E-state index >= 15 is 0 Å². The first-order chi connectivity index (χ1) is 14.7. The summed E-state index contributed by atoms with van der Waals surface area (Å²) in [5.41, 5.74) is 4.57. The molecule has 0 amide bonds. The van der Waals surface area contributed by atoms with Crippen molar-refractivity contribution in [2.45, 2.75) is 35.5 Å². The molecule has 2 nitrogen and oxygen atoms in total. The third-order valence-electron chi connectivity index (χ3n) is 5.53. The van der Waals surface area contributed by atoms with E-state index in [1.807, 2.05) is 36.4 Å². The van der Waals surface area contributed by atoms with E-state index in [1.54, 1.807) is 23.5 Å². The van der Waals surface area contributed by atoms with Crippen LogP contribution in [0.15, 0.2) is 104 Å². The summed E-state index contributed by atoms with van der Waals surface area (Å²) in [5, 5.41) is 0. The Morgan fingerprint density at radius 3 is 1.50 bits per heavy atom. The quantitative estimate of drug-likeness (QED) is 0.498. The number of hydrogen-bond donors (Lipinski definition) is 0. The topological polar surface area (TPSA) is 34.1 Å². The predicted octanol–water partition coefficient (Wildman–Crippen LogP) is 6.24. The molecule has 30 heavy (non-hydrogen) atoms. The number of fused-ring (bicyclic) bond motifs is 2. The van der Waals surface area contributed by atoms with Crippen molar-refractivity contribution in [1.29, 1.82) is 0 Å². The van der Waals surface area contributed by atoms with Crippen LogP contribution in [0, 0.1) is 0 Å². The average Bonchev–Trinajstić information content (AvgIpc) is 2.78. The zero-order chi connectivity index (χ0) is 20.5. The Bertz CT molecular complexity index is 1090. The van der Waals surface area contributed by atoms with E-state index in [-0.39, 0.29) is 11.6 Å². The molecule has 0 N–H and O–H groups in total. The molecular formula is C26H20O2S2. The van der Waals surface area contributed by atoms with Crippen LogP contribution < -0.4 is 0 Å². The molecule has 0 saturated heterocycles. The van der Waals surface area contributed by atoms with E-state index < -0.39 is 0 Å². The van der Waals surface area contributed by atoms with Gasteiger partial charge in [-0.05, 0) is 23.3 Å². The second-order valence-electron chi connectivity index (χ2n) is 7.52. The van der Waals surface area contributed by atoms with Crippen LogP contribution in [0.3, 0.4) is 0 Å². The SMILES string of the molecule is O=C1CC=CC2=C1Cc1ccccc1S2.O=C1CC=CC2=C1Cc1ccccc1S2. The summed E-state index contributed by atoms with van der Waals surface area (Å²) in [6.07, 6.45) is 10.8. The number of ketones is 2. The molecule has 148 valence electrons. The van der Waals surface area contributed by atoms with Gasteiger partial charge in [0.05, 0.1) is 0 Å². The Hall–Kier alpha value is -2.56. The van der Waals surface area contributed by atoms with E-state index in [0.717, 1.165) is 33.8 Å². The summed E-state index contributed by atoms with van der Waals surface area (Å²) in [6.45, 7) is 0. The lowest BCUT2D eigenvalue weighted by Gasteiger charge is -2.21. The maximum absolute atomic E-state index is 11.7. The summed E-state index contributed by atoms with van der Waals surface area (Å²) in [6, 6.07) is 16.6. The summed E-state index contributed by atoms with van der Waals surface area (Å²) in [7, 11) is 0. The summed E-state index contributed by atoms with van der Waals surface area (Å²) in [4.78, 5) is 28.3. The van der Waals surface area contributed by atoms with Crippen molar-refractivity contribution in [3.8, 4) is 0 Å². The number of Topliss-reactive ketones (excluding diaryl/α,β-unsaturated/α-hetero) is 2. The molecular weight excluding hydrogens is 408 g/mol. The molecule has 2 aromatic rings. The molecule has 2 aliphatic carbocycles. The van der Waals surface area contributed by atoms with Gasteiger partial charge in [-0.3, -0.25) is 9.59 Å². The summed E-state index contributed by atoms with van der Waals surface area (Å²) >= 11 is 3.43. The number of hydrogen-bond acceptors (Lipinski definition) is 4. The van der Waals surface area contributed by atoms with E-state index in [4.69, 9.17) is 0 Å². The van der Waals surface area contributed by atoms with Gasteiger partial charge in [-0.2, -0.15) is 0 Å². The molecule has 2 aliphatic heterocycles. The molecule has 0 unspecified atom stereocenters. The van der Waals surface area contributed by atoms with Gasteiger partial charge in [-0.25, -0.2) is 0 Å². The lowest BCUT2D eigenvalue weighted by atomic mass is 9.96. The molecule has 0 saturated carbocycles. The van der Waals surface area contributed by atoms with E-state index in [9.17, 15) is 9.59 Å². The zero-order valence-electron chi connectivity index (χ0n) is 16.4. The molecule has 0 radical (unpaired) electrons. The molecule has 0 fully saturated rings. The molecule has 0 aromatic heterocycles. The van der Waals surface area contributed by atoms with Crippen LogP contribution in [-0.4, -0.2) is 11.6 Å². The van der Waals surface area contributed by atoms with Crippen molar-refractivity contribution >= 4 is 35.1 Å². The third-order valence-corrected chi connectivity index (χ3v) is 7.97. The number of allylic oxidation sites excluding steroid dienone is 6. The van der Waals surface area contributed by atoms with Crippen molar-refractivity contribution in [3.05, 3.63) is 105 Å². The second kappa shape index (κ2) is 8.29. The first-order valence-electron chi connectivity index (χ1n) is 10.1. The number of benzene rings is 2. The first-order valence-corrected chi connectivity index (χ1v) is 11.7. The highest BCUT2D eigenvalue weighted by atomic mass is 32.2. The van der Waals surface area contributed by atoms with Crippen molar-refractivity contribution in [2.75, 3.05) is 0 Å². The van der Waals surface area contributed by atoms with Gasteiger partial charge in [0.2, 0.25) is 0 Å². The summed E-state index contributed by atoms with van der Waals surface area (Å²) in [5.74, 6) is 0.573. The third kappa shape index (κ3) is 3.78. The number of rotatable bonds is 0. The molecule has 2 aromatic carbocycles. The maximum atomic E-state index is 11.7. The van der Waals surface area contributed by atoms with E-state index in [0.29, 0.717) is 12.8 Å². The molecule has 0 spiro atoms. The normalized spacial score (nSPS) is 18.8. The van der Waals surface area contributed by atoms with Gasteiger partial charge in [0.1, 0.15) is 0 Å². The monoisotopic (exact) mass is 428 g/mol. The first kappa shape index (κ1) is 19.4. The minimum Gasteiger partial charge on any atom is -0.294 e. The van der Waals surface area contributed by atoms with Crippen LogP contribution in [0.5, 0.6) is 0 Å². The van der Waals surface area contributed by atoms with E-state index in [2.05, 4.69) is 36.4 Å². The van der Waals surface area contributed by atoms with Gasteiger partial charge in [0.25, 0.3) is 0 Å². The molecule has 4 aliphatic rings. The van der Waals surface area contributed by atoms with Crippen LogP contribution in [0.2, 0.25) is 0 Å². The molecule has 4 heteroatoms. The fourth-order valence-corrected chi connectivity index (χ4v) is 6.20. The molecule has 0 bridgehead atoms. The number of carbonyl (C=O) groups excluding carboxylic acids is 2. The number of thioether (sulfide) groups is 2. The minimum atomic E-state index is 0.287. The van der Waals surface area contributed by atoms with Crippen LogP contribution in [0.25, 0.3) is 0 Å². The van der Waals surface area contributed by atoms with Gasteiger partial charge < -0.3 is 0 Å². The van der Waals surface area contributed by atoms with E-state index in [1.165, 1.54) is 20.9 Å². The average molecular weight is 429 g/mol. The Labute approximate surface area is 184 Å². The Balaban J connectivity index is 0.000000128. The fourth-order valence-electron chi connectivity index (χ4n) is 3.95. The molecule has 2 heterocycles. The Kier molecular flexibility index (Phi) is 5.36. The highest BCUT2D eigenvalue weighted by Gasteiger charge is 2.24. The van der Waals surface area contributed by atoms with Crippen LogP contribution in [0.1, 0.15) is 24.0 Å². The highest BCUT2D eigenvalue weighted by molar-refractivity contribution is 8.03. The molecule has 6 rings (SSSR count). The Morgan fingerprint density at radius 2 is 1.03 bits per heavy atom. The van der Waals surface area contributed by atoms with Crippen LogP contribution in [0.4, 0.5) is 0 Å². The predicted molar refractivity (Wildman–Crippen MR) is 124 cm³/mol. The van der Waals surface area contributed by atoms with Crippen molar-refractivity contribution < 1.29 is 9.59 Å². The van der Waals surface area contributed by atoms with Crippen molar-refractivity contribution in [1.82, 2.24) is 0 Å². The molecule has 0 atom stereocenters. The lowest BCUT2D eigenvalue weighted by Crippen LogP contribution is -2.12. The van der Waals surface area contributed by atoms with Crippen molar-refractivity contribution in [2.24, 2.45) is 0 Å². The fraction of sp³-hybridized carbons (Fsp3) is 0.154. The van der Waals surface area contributed by atoms with Gasteiger partial charge in [-0.1, -0.05) is 84.2 Å². The van der Waals surface area contributed by atoms with Crippen LogP contribution >= 0.6 is 23.5 Å². The van der Waals surface area contributed by atoms with Crippen LogP contribution in [-0.2, 0) is 22.4 Å². The van der Waals surface area contributed by atoms with Crippen molar-refractivity contribution in [3.63, 3.8) is 0 Å². The smallest absolute Gasteiger partial charge is 0.164 e. The lowest BCUT2D eigenvalue weighted by molar-refractivity contribution is -0.115. The zero-order valence-corrected chi connectivity index (χ0v) is 18.0. The standard InChI is InChI=1S/2C13H10OS/c2*14-11-5-3-7-13-10(11)8-9-4-1-2-6-12(9)15-13/h2*1-4,6-7H,5,8H2. The van der Waals surface area contributed by atoms with Gasteiger partial charge in [0, 0.05) is 56.4 Å². The number of carbonyl (C=O) groups is 2. The largest absolute Gasteiger partial charge is 0.294 e. The maximum Gasteiger partial charge on any atom is 0.164 e. The van der Waals surface area contributed by atoms with Gasteiger partial charge in [0.15, 0.2) is 11.6 Å². The highest BCUT2D eigenvalue weighted by Crippen LogP contribution is 2.41. The Morgan fingerprint density at radius 1 is 0.600 bits per heavy atom.